The van der Waals surface area contributed by atoms with Gasteiger partial charge in [0.15, 0.2) is 0 Å². The van der Waals surface area contributed by atoms with Crippen LogP contribution >= 0.6 is 0 Å². The number of hydrogen-bond donors (Lipinski definition) is 1. The number of ether oxygens (including phenoxy) is 1. The minimum absolute atomic E-state index is 0.0834. The van der Waals surface area contributed by atoms with Gasteiger partial charge in [-0.05, 0) is 23.6 Å². The van der Waals surface area contributed by atoms with E-state index in [1.54, 1.807) is 4.90 Å². The number of aliphatic carboxylic acids is 1. The molecule has 1 fully saturated rings. The number of carbonyl (C=O) groups excluding carboxylic acids is 1. The van der Waals surface area contributed by atoms with Crippen LogP contribution in [0.3, 0.4) is 0 Å². The molecule has 1 atom stereocenters. The highest BCUT2D eigenvalue weighted by Crippen LogP contribution is 2.22. The van der Waals surface area contributed by atoms with E-state index in [-0.39, 0.29) is 12.3 Å². The lowest BCUT2D eigenvalue weighted by Gasteiger charge is -2.17. The third-order valence-corrected chi connectivity index (χ3v) is 4.68. The van der Waals surface area contributed by atoms with E-state index in [1.165, 1.54) is 5.56 Å². The van der Waals surface area contributed by atoms with Gasteiger partial charge in [0, 0.05) is 25.9 Å². The average molecular weight is 353 g/mol. The number of likely N-dealkylation sites (tertiary alicyclic amines) is 1. The minimum Gasteiger partial charge on any atom is -0.493 e. The predicted molar refractivity (Wildman–Crippen MR) is 98.1 cm³/mol. The number of carboxylic acids is 1. The maximum atomic E-state index is 12.0. The molecule has 1 aliphatic heterocycles. The molecule has 5 heteroatoms. The third kappa shape index (κ3) is 4.63. The molecule has 0 aliphatic carbocycles. The molecular formula is C21H23NO4. The van der Waals surface area contributed by atoms with E-state index in [4.69, 9.17) is 9.84 Å². The highest BCUT2D eigenvalue weighted by molar-refractivity contribution is 5.86. The topological polar surface area (TPSA) is 66.8 Å². The number of amides is 1. The van der Waals surface area contributed by atoms with Gasteiger partial charge in [0.25, 0.3) is 0 Å². The lowest BCUT2D eigenvalue weighted by atomic mass is 10.1. The van der Waals surface area contributed by atoms with Gasteiger partial charge in [-0.25, -0.2) is 0 Å². The molecule has 0 aromatic heterocycles. The summed E-state index contributed by atoms with van der Waals surface area (Å²) in [5, 5.41) is 9.07. The fraction of sp³-hybridized carbons (Fsp3) is 0.333. The molecule has 1 unspecified atom stereocenters. The van der Waals surface area contributed by atoms with Crippen molar-refractivity contribution in [3.8, 4) is 5.75 Å². The summed E-state index contributed by atoms with van der Waals surface area (Å²) in [6.45, 7) is 1.40. The van der Waals surface area contributed by atoms with Crippen LogP contribution in [-0.2, 0) is 22.4 Å². The lowest BCUT2D eigenvalue weighted by molar-refractivity contribution is -0.141. The van der Waals surface area contributed by atoms with E-state index >= 15 is 0 Å². The Hall–Kier alpha value is -2.82. The lowest BCUT2D eigenvalue weighted by Crippen LogP contribution is -2.28. The summed E-state index contributed by atoms with van der Waals surface area (Å²) in [7, 11) is 0. The van der Waals surface area contributed by atoms with Gasteiger partial charge < -0.3 is 14.7 Å². The monoisotopic (exact) mass is 353 g/mol. The highest BCUT2D eigenvalue weighted by atomic mass is 16.5. The zero-order valence-electron chi connectivity index (χ0n) is 14.6. The van der Waals surface area contributed by atoms with Crippen molar-refractivity contribution in [1.29, 1.82) is 0 Å². The van der Waals surface area contributed by atoms with E-state index in [1.807, 2.05) is 42.5 Å². The zero-order valence-corrected chi connectivity index (χ0v) is 14.6. The second-order valence-electron chi connectivity index (χ2n) is 6.52. The second-order valence-corrected chi connectivity index (χ2v) is 6.52. The summed E-state index contributed by atoms with van der Waals surface area (Å²) < 4.78 is 5.94. The van der Waals surface area contributed by atoms with Crippen molar-refractivity contribution in [3.05, 3.63) is 65.7 Å². The van der Waals surface area contributed by atoms with Gasteiger partial charge in [0.2, 0.25) is 5.91 Å². The summed E-state index contributed by atoms with van der Waals surface area (Å²) in [6.07, 6.45) is 1.59. The summed E-state index contributed by atoms with van der Waals surface area (Å²) in [4.78, 5) is 24.7. The third-order valence-electron chi connectivity index (χ3n) is 4.68. The Morgan fingerprint density at radius 1 is 1.08 bits per heavy atom. The smallest absolute Gasteiger partial charge is 0.308 e. The summed E-state index contributed by atoms with van der Waals surface area (Å²) >= 11 is 0. The van der Waals surface area contributed by atoms with Crippen LogP contribution < -0.4 is 4.74 Å². The maximum absolute atomic E-state index is 12.0. The molecule has 1 heterocycles. The van der Waals surface area contributed by atoms with E-state index in [2.05, 4.69) is 12.1 Å². The van der Waals surface area contributed by atoms with Gasteiger partial charge in [-0.2, -0.15) is 0 Å². The molecule has 1 saturated heterocycles. The van der Waals surface area contributed by atoms with Crippen LogP contribution in [0, 0.1) is 5.92 Å². The van der Waals surface area contributed by atoms with Gasteiger partial charge in [0.1, 0.15) is 5.75 Å². The first-order valence-corrected chi connectivity index (χ1v) is 8.88. The number of carboxylic acid groups (broad SMARTS) is 1. The van der Waals surface area contributed by atoms with Crippen molar-refractivity contribution in [2.45, 2.75) is 19.3 Å². The van der Waals surface area contributed by atoms with Gasteiger partial charge in [-0.3, -0.25) is 9.59 Å². The first-order valence-electron chi connectivity index (χ1n) is 8.88. The van der Waals surface area contributed by atoms with Crippen molar-refractivity contribution < 1.29 is 19.4 Å². The Labute approximate surface area is 153 Å². The van der Waals surface area contributed by atoms with E-state index in [9.17, 15) is 9.59 Å². The number of para-hydroxylation sites is 1. The molecule has 1 N–H and O–H groups in total. The van der Waals surface area contributed by atoms with Crippen molar-refractivity contribution in [1.82, 2.24) is 4.90 Å². The zero-order chi connectivity index (χ0) is 18.4. The van der Waals surface area contributed by atoms with E-state index in [0.29, 0.717) is 26.1 Å². The molecule has 0 saturated carbocycles. The SMILES string of the molecule is O=C(O)C1CC(=O)N(CCc2ccccc2OCCc2ccccc2)C1. The van der Waals surface area contributed by atoms with Crippen LogP contribution in [0.25, 0.3) is 0 Å². The molecule has 2 aromatic carbocycles. The Morgan fingerprint density at radius 3 is 2.54 bits per heavy atom. The van der Waals surface area contributed by atoms with Crippen molar-refractivity contribution in [2.24, 2.45) is 5.92 Å². The number of rotatable bonds is 8. The second kappa shape index (κ2) is 8.52. The van der Waals surface area contributed by atoms with Crippen LogP contribution in [0.4, 0.5) is 0 Å². The molecule has 26 heavy (non-hydrogen) atoms. The van der Waals surface area contributed by atoms with Gasteiger partial charge in [-0.1, -0.05) is 48.5 Å². The minimum atomic E-state index is -0.898. The maximum Gasteiger partial charge on any atom is 0.308 e. The molecule has 1 aliphatic rings. The quantitative estimate of drug-likeness (QED) is 0.792. The Kier molecular flexibility index (Phi) is 5.89. The fourth-order valence-corrected chi connectivity index (χ4v) is 3.18. The summed E-state index contributed by atoms with van der Waals surface area (Å²) in [5.74, 6) is -0.741. The Bertz CT molecular complexity index is 760. The first-order chi connectivity index (χ1) is 12.6. The van der Waals surface area contributed by atoms with Gasteiger partial charge in [0.05, 0.1) is 12.5 Å². The molecule has 5 nitrogen and oxygen atoms in total. The van der Waals surface area contributed by atoms with E-state index < -0.39 is 11.9 Å². The van der Waals surface area contributed by atoms with Crippen molar-refractivity contribution in [3.63, 3.8) is 0 Å². The van der Waals surface area contributed by atoms with Gasteiger partial charge >= 0.3 is 5.97 Å². The molecule has 136 valence electrons. The Balaban J connectivity index is 1.54. The summed E-state index contributed by atoms with van der Waals surface area (Å²) in [6, 6.07) is 18.0. The van der Waals surface area contributed by atoms with E-state index in [0.717, 1.165) is 17.7 Å². The van der Waals surface area contributed by atoms with Crippen LogP contribution in [0.1, 0.15) is 17.5 Å². The van der Waals surface area contributed by atoms with Crippen LogP contribution in [0.5, 0.6) is 5.75 Å². The first kappa shape index (κ1) is 18.0. The van der Waals surface area contributed by atoms with Crippen molar-refractivity contribution in [2.75, 3.05) is 19.7 Å². The highest BCUT2D eigenvalue weighted by Gasteiger charge is 2.33. The summed E-state index contributed by atoms with van der Waals surface area (Å²) in [5.41, 5.74) is 2.26. The molecule has 0 radical (unpaired) electrons. The number of carbonyl (C=O) groups is 2. The Morgan fingerprint density at radius 2 is 1.81 bits per heavy atom. The molecule has 3 rings (SSSR count). The molecule has 0 bridgehead atoms. The van der Waals surface area contributed by atoms with Crippen LogP contribution in [0.2, 0.25) is 0 Å². The normalized spacial score (nSPS) is 16.7. The number of benzene rings is 2. The number of hydrogen-bond acceptors (Lipinski definition) is 3. The molecule has 2 aromatic rings. The van der Waals surface area contributed by atoms with Crippen molar-refractivity contribution >= 4 is 11.9 Å². The largest absolute Gasteiger partial charge is 0.493 e. The predicted octanol–water partition coefficient (Wildman–Crippen LogP) is 2.78. The standard InChI is InChI=1S/C21H23NO4/c23-20-14-18(21(24)25)15-22(20)12-10-17-8-4-5-9-19(17)26-13-11-16-6-2-1-3-7-16/h1-9,18H,10-15H2,(H,24,25). The molecular weight excluding hydrogens is 330 g/mol. The fourth-order valence-electron chi connectivity index (χ4n) is 3.18. The average Bonchev–Trinajstić information content (AvgIpc) is 3.03. The molecule has 0 spiro atoms. The van der Waals surface area contributed by atoms with Gasteiger partial charge in [-0.15, -0.1) is 0 Å². The molecule has 1 amide bonds. The number of nitrogens with zero attached hydrogens (tertiary/aromatic N) is 1. The van der Waals surface area contributed by atoms with Crippen LogP contribution in [0.15, 0.2) is 54.6 Å². The van der Waals surface area contributed by atoms with Crippen LogP contribution in [-0.4, -0.2) is 41.6 Å².